The highest BCUT2D eigenvalue weighted by Crippen LogP contribution is 2.34. The van der Waals surface area contributed by atoms with Crippen molar-refractivity contribution < 1.29 is 9.52 Å². The molecule has 0 fully saturated rings. The maximum atomic E-state index is 9.81. The number of hydrogen-bond acceptors (Lipinski definition) is 2. The second-order valence-corrected chi connectivity index (χ2v) is 4.96. The fraction of sp³-hybridized carbons (Fsp3) is 0.286. The maximum Gasteiger partial charge on any atom is 0.137 e. The highest BCUT2D eigenvalue weighted by atomic mass is 16.3. The van der Waals surface area contributed by atoms with Crippen LogP contribution >= 0.6 is 0 Å². The SMILES string of the molecule is CC(C)(C)c1ccc(O)c(-c2ccco2)c1. The molecule has 0 unspecified atom stereocenters. The van der Waals surface area contributed by atoms with Gasteiger partial charge < -0.3 is 9.52 Å². The first kappa shape index (κ1) is 10.8. The Balaban J connectivity index is 2.54. The molecule has 0 spiro atoms. The lowest BCUT2D eigenvalue weighted by atomic mass is 9.86. The Hall–Kier alpha value is -1.70. The van der Waals surface area contributed by atoms with Gasteiger partial charge in [-0.2, -0.15) is 0 Å². The highest BCUT2D eigenvalue weighted by molar-refractivity contribution is 5.66. The second kappa shape index (κ2) is 3.71. The van der Waals surface area contributed by atoms with Crippen LogP contribution < -0.4 is 0 Å². The minimum absolute atomic E-state index is 0.0645. The van der Waals surface area contributed by atoms with Crippen LogP contribution in [0.3, 0.4) is 0 Å². The molecule has 1 N–H and O–H groups in total. The molecule has 16 heavy (non-hydrogen) atoms. The van der Waals surface area contributed by atoms with E-state index in [1.165, 1.54) is 5.56 Å². The average molecular weight is 216 g/mol. The van der Waals surface area contributed by atoms with E-state index >= 15 is 0 Å². The van der Waals surface area contributed by atoms with Gasteiger partial charge in [0.2, 0.25) is 0 Å². The molecular weight excluding hydrogens is 200 g/mol. The lowest BCUT2D eigenvalue weighted by molar-refractivity contribution is 0.472. The van der Waals surface area contributed by atoms with Crippen molar-refractivity contribution in [1.29, 1.82) is 0 Å². The molecule has 0 radical (unpaired) electrons. The summed E-state index contributed by atoms with van der Waals surface area (Å²) in [5.74, 6) is 0.951. The van der Waals surface area contributed by atoms with Crippen LogP contribution in [-0.4, -0.2) is 5.11 Å². The molecule has 0 bridgehead atoms. The summed E-state index contributed by atoms with van der Waals surface area (Å²) in [5, 5.41) is 9.81. The Morgan fingerprint density at radius 1 is 1.12 bits per heavy atom. The molecule has 0 aliphatic heterocycles. The van der Waals surface area contributed by atoms with E-state index in [2.05, 4.69) is 20.8 Å². The second-order valence-electron chi connectivity index (χ2n) is 4.96. The summed E-state index contributed by atoms with van der Waals surface area (Å²) in [6.07, 6.45) is 1.61. The molecule has 2 aromatic rings. The topological polar surface area (TPSA) is 33.4 Å². The summed E-state index contributed by atoms with van der Waals surface area (Å²) in [6.45, 7) is 6.43. The standard InChI is InChI=1S/C14H16O2/c1-14(2,3)10-6-7-12(15)11(9-10)13-5-4-8-16-13/h4-9,15H,1-3H3. The first-order valence-electron chi connectivity index (χ1n) is 5.36. The molecule has 0 saturated heterocycles. The van der Waals surface area contributed by atoms with E-state index in [0.717, 1.165) is 5.56 Å². The molecular formula is C14H16O2. The van der Waals surface area contributed by atoms with Crippen molar-refractivity contribution in [3.63, 3.8) is 0 Å². The predicted octanol–water partition coefficient (Wildman–Crippen LogP) is 3.95. The summed E-state index contributed by atoms with van der Waals surface area (Å²) >= 11 is 0. The quantitative estimate of drug-likeness (QED) is 0.783. The molecule has 1 heterocycles. The molecule has 1 aromatic carbocycles. The van der Waals surface area contributed by atoms with E-state index in [-0.39, 0.29) is 11.2 Å². The van der Waals surface area contributed by atoms with Gasteiger partial charge in [0.05, 0.1) is 11.8 Å². The Bertz CT molecular complexity index is 476. The largest absolute Gasteiger partial charge is 0.507 e. The van der Waals surface area contributed by atoms with Gasteiger partial charge in [0, 0.05) is 0 Å². The van der Waals surface area contributed by atoms with Crippen molar-refractivity contribution >= 4 is 0 Å². The molecule has 2 nitrogen and oxygen atoms in total. The van der Waals surface area contributed by atoms with Gasteiger partial charge in [0.25, 0.3) is 0 Å². The van der Waals surface area contributed by atoms with Gasteiger partial charge in [-0.1, -0.05) is 26.8 Å². The van der Waals surface area contributed by atoms with E-state index < -0.39 is 0 Å². The van der Waals surface area contributed by atoms with Crippen LogP contribution in [0, 0.1) is 0 Å². The number of phenolic OH excluding ortho intramolecular Hbond substituents is 1. The zero-order valence-electron chi connectivity index (χ0n) is 9.82. The molecule has 2 rings (SSSR count). The third-order valence-corrected chi connectivity index (χ3v) is 2.65. The Morgan fingerprint density at radius 2 is 1.88 bits per heavy atom. The van der Waals surface area contributed by atoms with E-state index in [9.17, 15) is 5.11 Å². The molecule has 0 aliphatic rings. The zero-order chi connectivity index (χ0) is 11.8. The number of phenols is 1. The molecule has 84 valence electrons. The van der Waals surface area contributed by atoms with E-state index in [0.29, 0.717) is 5.76 Å². The lowest BCUT2D eigenvalue weighted by Gasteiger charge is -2.19. The first-order chi connectivity index (χ1) is 7.48. The monoisotopic (exact) mass is 216 g/mol. The van der Waals surface area contributed by atoms with Gasteiger partial charge in [-0.3, -0.25) is 0 Å². The van der Waals surface area contributed by atoms with Crippen molar-refractivity contribution in [3.05, 3.63) is 42.2 Å². The van der Waals surface area contributed by atoms with Crippen LogP contribution in [0.15, 0.2) is 41.0 Å². The van der Waals surface area contributed by atoms with Crippen LogP contribution in [0.25, 0.3) is 11.3 Å². The van der Waals surface area contributed by atoms with Crippen molar-refractivity contribution in [1.82, 2.24) is 0 Å². The van der Waals surface area contributed by atoms with Crippen LogP contribution in [0.1, 0.15) is 26.3 Å². The third-order valence-electron chi connectivity index (χ3n) is 2.65. The van der Waals surface area contributed by atoms with Crippen LogP contribution in [-0.2, 0) is 5.41 Å². The van der Waals surface area contributed by atoms with Crippen LogP contribution in [0.4, 0.5) is 0 Å². The summed E-state index contributed by atoms with van der Waals surface area (Å²) < 4.78 is 5.31. The van der Waals surface area contributed by atoms with Crippen LogP contribution in [0.2, 0.25) is 0 Å². The number of rotatable bonds is 1. The summed E-state index contributed by atoms with van der Waals surface area (Å²) in [6, 6.07) is 9.31. The third kappa shape index (κ3) is 1.96. The van der Waals surface area contributed by atoms with Crippen molar-refractivity contribution in [2.75, 3.05) is 0 Å². The molecule has 2 heteroatoms. The number of hydrogen-bond donors (Lipinski definition) is 1. The average Bonchev–Trinajstić information content (AvgIpc) is 2.69. The van der Waals surface area contributed by atoms with Gasteiger partial charge >= 0.3 is 0 Å². The highest BCUT2D eigenvalue weighted by Gasteiger charge is 2.16. The van der Waals surface area contributed by atoms with Crippen LogP contribution in [0.5, 0.6) is 5.75 Å². The molecule has 1 aromatic heterocycles. The normalized spacial score (nSPS) is 11.7. The van der Waals surface area contributed by atoms with Gasteiger partial charge in [0.1, 0.15) is 11.5 Å². The van der Waals surface area contributed by atoms with E-state index in [1.807, 2.05) is 24.3 Å². The smallest absolute Gasteiger partial charge is 0.137 e. The fourth-order valence-electron chi connectivity index (χ4n) is 1.63. The molecule has 0 saturated carbocycles. The van der Waals surface area contributed by atoms with Gasteiger partial charge in [-0.15, -0.1) is 0 Å². The van der Waals surface area contributed by atoms with Gasteiger partial charge in [-0.05, 0) is 35.2 Å². The predicted molar refractivity (Wildman–Crippen MR) is 64.5 cm³/mol. The van der Waals surface area contributed by atoms with Crippen molar-refractivity contribution in [2.45, 2.75) is 26.2 Å². The van der Waals surface area contributed by atoms with Gasteiger partial charge in [0.15, 0.2) is 0 Å². The van der Waals surface area contributed by atoms with Crippen molar-refractivity contribution in [3.8, 4) is 17.1 Å². The van der Waals surface area contributed by atoms with Crippen molar-refractivity contribution in [2.24, 2.45) is 0 Å². The summed E-state index contributed by atoms with van der Waals surface area (Å²) in [4.78, 5) is 0. The minimum Gasteiger partial charge on any atom is -0.507 e. The number of furan rings is 1. The van der Waals surface area contributed by atoms with E-state index in [1.54, 1.807) is 12.3 Å². The Kier molecular flexibility index (Phi) is 2.50. The zero-order valence-corrected chi connectivity index (χ0v) is 9.82. The Labute approximate surface area is 95.5 Å². The van der Waals surface area contributed by atoms with E-state index in [4.69, 9.17) is 4.42 Å². The van der Waals surface area contributed by atoms with Gasteiger partial charge in [-0.25, -0.2) is 0 Å². The minimum atomic E-state index is 0.0645. The maximum absolute atomic E-state index is 9.81. The summed E-state index contributed by atoms with van der Waals surface area (Å²) in [7, 11) is 0. The first-order valence-corrected chi connectivity index (χ1v) is 5.36. The molecule has 0 aliphatic carbocycles. The number of aromatic hydroxyl groups is 1. The summed E-state index contributed by atoms with van der Waals surface area (Å²) in [5.41, 5.74) is 1.99. The number of benzene rings is 1. The lowest BCUT2D eigenvalue weighted by Crippen LogP contribution is -2.10. The molecule has 0 atom stereocenters. The Morgan fingerprint density at radius 3 is 2.44 bits per heavy atom. The fourth-order valence-corrected chi connectivity index (χ4v) is 1.63. The molecule has 0 amide bonds.